The molecule has 2 aliphatic rings. The zero-order chi connectivity index (χ0) is 19.6. The van der Waals surface area contributed by atoms with E-state index in [1.54, 1.807) is 16.4 Å². The summed E-state index contributed by atoms with van der Waals surface area (Å²) < 4.78 is 27.4. The van der Waals surface area contributed by atoms with Gasteiger partial charge in [0.2, 0.25) is 5.91 Å². The van der Waals surface area contributed by atoms with Gasteiger partial charge in [-0.05, 0) is 55.4 Å². The Balaban J connectivity index is 1.36. The highest BCUT2D eigenvalue weighted by Gasteiger charge is 2.27. The molecule has 1 aromatic carbocycles. The predicted octanol–water partition coefficient (Wildman–Crippen LogP) is 3.14. The van der Waals surface area contributed by atoms with E-state index in [-0.39, 0.29) is 18.4 Å². The van der Waals surface area contributed by atoms with Crippen molar-refractivity contribution in [3.8, 4) is 0 Å². The zero-order valence-corrected chi connectivity index (χ0v) is 17.5. The normalized spacial score (nSPS) is 20.5. The van der Waals surface area contributed by atoms with Gasteiger partial charge in [-0.25, -0.2) is 8.42 Å². The second-order valence-electron chi connectivity index (χ2n) is 7.64. The molecule has 0 spiro atoms. The van der Waals surface area contributed by atoms with Gasteiger partial charge in [0.15, 0.2) is 0 Å². The maximum Gasteiger partial charge on any atom is 0.252 e. The molecule has 2 aromatic rings. The van der Waals surface area contributed by atoms with Crippen LogP contribution in [-0.2, 0) is 34.1 Å². The Morgan fingerprint density at radius 3 is 2.61 bits per heavy atom. The lowest BCUT2D eigenvalue weighted by Crippen LogP contribution is -2.39. The second-order valence-corrected chi connectivity index (χ2v) is 11.0. The molecule has 28 heavy (non-hydrogen) atoms. The second kappa shape index (κ2) is 8.35. The molecule has 0 saturated carbocycles. The van der Waals surface area contributed by atoms with Crippen LogP contribution >= 0.6 is 11.3 Å². The fourth-order valence-corrected chi connectivity index (χ4v) is 7.11. The van der Waals surface area contributed by atoms with Gasteiger partial charge in [-0.2, -0.15) is 4.31 Å². The van der Waals surface area contributed by atoms with Gasteiger partial charge in [0, 0.05) is 24.0 Å². The number of carbonyl (C=O) groups excluding carboxylic acids is 1. The highest BCUT2D eigenvalue weighted by Crippen LogP contribution is 2.27. The van der Waals surface area contributed by atoms with Gasteiger partial charge in [-0.15, -0.1) is 11.3 Å². The van der Waals surface area contributed by atoms with Crippen molar-refractivity contribution in [3.05, 3.63) is 52.4 Å². The van der Waals surface area contributed by atoms with E-state index >= 15 is 0 Å². The molecule has 1 aromatic heterocycles. The van der Waals surface area contributed by atoms with E-state index in [4.69, 9.17) is 0 Å². The summed E-state index contributed by atoms with van der Waals surface area (Å²) in [5.41, 5.74) is 2.68. The topological polar surface area (TPSA) is 66.5 Å². The van der Waals surface area contributed by atoms with Crippen LogP contribution in [0.5, 0.6) is 0 Å². The lowest BCUT2D eigenvalue weighted by Gasteiger charge is -2.25. The van der Waals surface area contributed by atoms with Crippen molar-refractivity contribution in [2.75, 3.05) is 13.1 Å². The Bertz CT molecular complexity index is 946. The molecule has 0 bridgehead atoms. The number of aryl methyl sites for hydroxylation is 1. The summed E-state index contributed by atoms with van der Waals surface area (Å²) in [5.74, 6) is -0.0341. The molecule has 1 atom stereocenters. The molecule has 1 aliphatic carbocycles. The first-order valence-corrected chi connectivity index (χ1v) is 12.2. The molecule has 4 rings (SSSR count). The van der Waals surface area contributed by atoms with E-state index < -0.39 is 10.0 Å². The third-order valence-electron chi connectivity index (χ3n) is 5.59. The Labute approximate surface area is 170 Å². The molecule has 1 N–H and O–H groups in total. The van der Waals surface area contributed by atoms with Crippen LogP contribution in [0.25, 0.3) is 0 Å². The minimum atomic E-state index is -3.42. The number of thiophene rings is 1. The van der Waals surface area contributed by atoms with E-state index in [1.165, 1.54) is 22.5 Å². The number of carbonyl (C=O) groups is 1. The predicted molar refractivity (Wildman–Crippen MR) is 111 cm³/mol. The summed E-state index contributed by atoms with van der Waals surface area (Å²) >= 11 is 1.22. The van der Waals surface area contributed by atoms with Crippen LogP contribution in [-0.4, -0.2) is 37.8 Å². The molecule has 2 heterocycles. The van der Waals surface area contributed by atoms with Gasteiger partial charge >= 0.3 is 0 Å². The number of rotatable bonds is 5. The van der Waals surface area contributed by atoms with Gasteiger partial charge in [0.1, 0.15) is 4.21 Å². The van der Waals surface area contributed by atoms with Crippen LogP contribution in [0.2, 0.25) is 0 Å². The van der Waals surface area contributed by atoms with Crippen LogP contribution in [0.15, 0.2) is 40.6 Å². The van der Waals surface area contributed by atoms with Crippen molar-refractivity contribution in [2.45, 2.75) is 55.2 Å². The Hall–Kier alpha value is -1.70. The monoisotopic (exact) mass is 418 g/mol. The maximum atomic E-state index is 12.8. The van der Waals surface area contributed by atoms with Gasteiger partial charge in [0.25, 0.3) is 10.0 Å². The molecular weight excluding hydrogens is 392 g/mol. The molecule has 150 valence electrons. The van der Waals surface area contributed by atoms with Gasteiger partial charge in [0.05, 0.1) is 6.42 Å². The lowest BCUT2D eigenvalue weighted by atomic mass is 9.88. The summed E-state index contributed by atoms with van der Waals surface area (Å²) in [7, 11) is -3.42. The van der Waals surface area contributed by atoms with Gasteiger partial charge in [-0.1, -0.05) is 30.7 Å². The standard InChI is InChI=1S/C21H26N2O3S2/c24-20(22-18-9-8-16-6-2-3-7-17(16)14-18)15-19-10-11-21(27-19)28(25,26)23-12-4-1-5-13-23/h2-3,6-7,10-11,18H,1,4-5,8-9,12-15H2,(H,22,24). The molecule has 1 amide bonds. The van der Waals surface area contributed by atoms with Crippen LogP contribution in [0.3, 0.4) is 0 Å². The summed E-state index contributed by atoms with van der Waals surface area (Å²) in [6.45, 7) is 1.19. The zero-order valence-electron chi connectivity index (χ0n) is 15.9. The smallest absolute Gasteiger partial charge is 0.252 e. The number of fused-ring (bicyclic) bond motifs is 1. The van der Waals surface area contributed by atoms with Crippen LogP contribution in [0.1, 0.15) is 41.7 Å². The average Bonchev–Trinajstić information content (AvgIpc) is 3.18. The van der Waals surface area contributed by atoms with Crippen LogP contribution in [0.4, 0.5) is 0 Å². The first-order chi connectivity index (χ1) is 13.5. The third kappa shape index (κ3) is 4.31. The number of amides is 1. The number of hydrogen-bond acceptors (Lipinski definition) is 4. The van der Waals surface area contributed by atoms with Crippen LogP contribution in [0, 0.1) is 0 Å². The quantitative estimate of drug-likeness (QED) is 0.811. The fourth-order valence-electron chi connectivity index (χ4n) is 4.08. The molecule has 5 nitrogen and oxygen atoms in total. The van der Waals surface area contributed by atoms with E-state index in [0.717, 1.165) is 43.4 Å². The SMILES string of the molecule is O=C(Cc1ccc(S(=O)(=O)N2CCCCC2)s1)NC1CCc2ccccc2C1. The average molecular weight is 419 g/mol. The molecule has 0 radical (unpaired) electrons. The largest absolute Gasteiger partial charge is 0.353 e. The van der Waals surface area contributed by atoms with Crippen molar-refractivity contribution in [1.82, 2.24) is 9.62 Å². The van der Waals surface area contributed by atoms with Crippen LogP contribution < -0.4 is 5.32 Å². The van der Waals surface area contributed by atoms with E-state index in [9.17, 15) is 13.2 Å². The Morgan fingerprint density at radius 2 is 1.82 bits per heavy atom. The minimum Gasteiger partial charge on any atom is -0.353 e. The van der Waals surface area contributed by atoms with Crippen molar-refractivity contribution < 1.29 is 13.2 Å². The van der Waals surface area contributed by atoms with Crippen molar-refractivity contribution in [1.29, 1.82) is 0 Å². The molecule has 1 saturated heterocycles. The first-order valence-electron chi connectivity index (χ1n) is 9.97. The number of sulfonamides is 1. The Kier molecular flexibility index (Phi) is 5.85. The number of nitrogens with zero attached hydrogens (tertiary/aromatic N) is 1. The third-order valence-corrected chi connectivity index (χ3v) is 9.04. The summed E-state index contributed by atoms with van der Waals surface area (Å²) in [6, 6.07) is 12.0. The molecule has 1 unspecified atom stereocenters. The summed E-state index contributed by atoms with van der Waals surface area (Å²) in [6.07, 6.45) is 5.96. The number of piperidine rings is 1. The van der Waals surface area contributed by atoms with Crippen molar-refractivity contribution in [3.63, 3.8) is 0 Å². The highest BCUT2D eigenvalue weighted by atomic mass is 32.2. The van der Waals surface area contributed by atoms with Gasteiger partial charge in [-0.3, -0.25) is 4.79 Å². The van der Waals surface area contributed by atoms with E-state index in [2.05, 4.69) is 23.5 Å². The molecule has 1 fully saturated rings. The maximum absolute atomic E-state index is 12.8. The lowest BCUT2D eigenvalue weighted by molar-refractivity contribution is -0.121. The number of hydrogen-bond donors (Lipinski definition) is 1. The number of nitrogens with one attached hydrogen (secondary N) is 1. The summed E-state index contributed by atoms with van der Waals surface area (Å²) in [4.78, 5) is 13.3. The van der Waals surface area contributed by atoms with E-state index in [1.807, 2.05) is 6.07 Å². The highest BCUT2D eigenvalue weighted by molar-refractivity contribution is 7.91. The number of benzene rings is 1. The molecular formula is C21H26N2O3S2. The molecule has 1 aliphatic heterocycles. The van der Waals surface area contributed by atoms with Crippen molar-refractivity contribution in [2.24, 2.45) is 0 Å². The van der Waals surface area contributed by atoms with Crippen molar-refractivity contribution >= 4 is 27.3 Å². The van der Waals surface area contributed by atoms with E-state index in [0.29, 0.717) is 17.3 Å². The summed E-state index contributed by atoms with van der Waals surface area (Å²) in [5, 5.41) is 3.13. The fraction of sp³-hybridized carbons (Fsp3) is 0.476. The first kappa shape index (κ1) is 19.6. The minimum absolute atomic E-state index is 0.0341. The molecule has 7 heteroatoms. The van der Waals surface area contributed by atoms with Gasteiger partial charge < -0.3 is 5.32 Å². The Morgan fingerprint density at radius 1 is 1.07 bits per heavy atom.